The Morgan fingerprint density at radius 2 is 1.70 bits per heavy atom. The molecule has 1 N–H and O–H groups in total. The zero-order valence-corrected chi connectivity index (χ0v) is 16.6. The van der Waals surface area contributed by atoms with Gasteiger partial charge in [0.2, 0.25) is 15.9 Å². The van der Waals surface area contributed by atoms with E-state index in [2.05, 4.69) is 5.32 Å². The number of nitrogens with one attached hydrogen (secondary N) is 1. The van der Waals surface area contributed by atoms with Crippen molar-refractivity contribution in [3.05, 3.63) is 54.6 Å². The quantitative estimate of drug-likeness (QED) is 0.704. The lowest BCUT2D eigenvalue weighted by atomic mass is 10.3. The van der Waals surface area contributed by atoms with Crippen molar-refractivity contribution >= 4 is 27.3 Å². The van der Waals surface area contributed by atoms with Crippen molar-refractivity contribution in [1.29, 1.82) is 0 Å². The van der Waals surface area contributed by atoms with Crippen molar-refractivity contribution in [2.24, 2.45) is 0 Å². The summed E-state index contributed by atoms with van der Waals surface area (Å²) >= 11 is 0. The van der Waals surface area contributed by atoms with Gasteiger partial charge in [0, 0.05) is 25.8 Å². The molecule has 2 rings (SSSR count). The summed E-state index contributed by atoms with van der Waals surface area (Å²) in [5, 5.41) is 2.77. The van der Waals surface area contributed by atoms with Gasteiger partial charge in [-0.25, -0.2) is 8.42 Å². The summed E-state index contributed by atoms with van der Waals surface area (Å²) < 4.78 is 30.6. The molecule has 0 saturated heterocycles. The van der Waals surface area contributed by atoms with Crippen LogP contribution in [-0.2, 0) is 14.8 Å². The zero-order valence-electron chi connectivity index (χ0n) is 15.8. The van der Waals surface area contributed by atoms with Crippen LogP contribution in [0.4, 0.5) is 11.4 Å². The number of hydrogen-bond donors (Lipinski definition) is 1. The maximum Gasteiger partial charge on any atom is 0.240 e. The van der Waals surface area contributed by atoms with Crippen molar-refractivity contribution < 1.29 is 17.9 Å². The summed E-state index contributed by atoms with van der Waals surface area (Å²) in [7, 11) is -0.261. The maximum absolute atomic E-state index is 12.3. The molecule has 2 aromatic carbocycles. The molecule has 1 amide bonds. The summed E-state index contributed by atoms with van der Waals surface area (Å²) in [6.45, 7) is 0.686. The normalized spacial score (nSPS) is 10.9. The van der Waals surface area contributed by atoms with Crippen molar-refractivity contribution in [3.63, 3.8) is 0 Å². The molecule has 146 valence electrons. The van der Waals surface area contributed by atoms with E-state index in [0.29, 0.717) is 24.5 Å². The zero-order chi connectivity index (χ0) is 19.9. The third kappa shape index (κ3) is 5.89. The van der Waals surface area contributed by atoms with Crippen LogP contribution >= 0.6 is 0 Å². The molecular formula is C19H25N3O4S. The molecule has 0 radical (unpaired) electrons. The van der Waals surface area contributed by atoms with Gasteiger partial charge in [-0.1, -0.05) is 30.3 Å². The van der Waals surface area contributed by atoms with E-state index in [4.69, 9.17) is 4.74 Å². The van der Waals surface area contributed by atoms with E-state index in [9.17, 15) is 13.2 Å². The summed E-state index contributed by atoms with van der Waals surface area (Å²) in [6.07, 6.45) is 1.07. The number of carbonyl (C=O) groups is 1. The first-order valence-corrected chi connectivity index (χ1v) is 10.3. The minimum Gasteiger partial charge on any atom is -0.495 e. The van der Waals surface area contributed by atoms with Crippen molar-refractivity contribution in [2.45, 2.75) is 0 Å². The Bertz CT molecular complexity index is 856. The molecule has 0 heterocycles. The molecule has 0 saturated carbocycles. The number of amides is 1. The van der Waals surface area contributed by atoms with Gasteiger partial charge in [0.1, 0.15) is 12.3 Å². The predicted octanol–water partition coefficient (Wildman–Crippen LogP) is 1.71. The molecule has 0 aliphatic rings. The third-order valence-electron chi connectivity index (χ3n) is 4.01. The van der Waals surface area contributed by atoms with Gasteiger partial charge in [-0.3, -0.25) is 9.10 Å². The van der Waals surface area contributed by atoms with E-state index in [0.717, 1.165) is 16.2 Å². The second-order valence-corrected chi connectivity index (χ2v) is 7.96. The first-order chi connectivity index (χ1) is 12.8. The van der Waals surface area contributed by atoms with Crippen LogP contribution in [0.15, 0.2) is 54.6 Å². The number of methoxy groups -OCH3 is 1. The van der Waals surface area contributed by atoms with Crippen LogP contribution in [0.2, 0.25) is 0 Å². The van der Waals surface area contributed by atoms with E-state index in [1.54, 1.807) is 24.3 Å². The first kappa shape index (κ1) is 20.6. The molecule has 0 aromatic heterocycles. The average molecular weight is 391 g/mol. The van der Waals surface area contributed by atoms with E-state index >= 15 is 0 Å². The lowest BCUT2D eigenvalue weighted by Crippen LogP contribution is -2.42. The van der Waals surface area contributed by atoms with Gasteiger partial charge in [0.25, 0.3) is 0 Å². The Morgan fingerprint density at radius 3 is 2.33 bits per heavy atom. The van der Waals surface area contributed by atoms with E-state index in [1.165, 1.54) is 7.11 Å². The SMILES string of the molecule is COc1ccccc1N(CC(=O)NCCN(C)c1ccccc1)S(C)(=O)=O. The fraction of sp³-hybridized carbons (Fsp3) is 0.316. The number of ether oxygens (including phenoxy) is 1. The largest absolute Gasteiger partial charge is 0.495 e. The van der Waals surface area contributed by atoms with Gasteiger partial charge in [-0.15, -0.1) is 0 Å². The van der Waals surface area contributed by atoms with Gasteiger partial charge in [0.05, 0.1) is 19.1 Å². The number of anilines is 2. The van der Waals surface area contributed by atoms with Crippen LogP contribution in [0.25, 0.3) is 0 Å². The molecule has 0 fully saturated rings. The molecule has 0 atom stereocenters. The summed E-state index contributed by atoms with van der Waals surface area (Å²) in [4.78, 5) is 14.3. The Balaban J connectivity index is 1.98. The molecular weight excluding hydrogens is 366 g/mol. The third-order valence-corrected chi connectivity index (χ3v) is 5.13. The predicted molar refractivity (Wildman–Crippen MR) is 108 cm³/mol. The minimum absolute atomic E-state index is 0.311. The number of rotatable bonds is 9. The van der Waals surface area contributed by atoms with Gasteiger partial charge < -0.3 is 15.0 Å². The summed E-state index contributed by atoms with van der Waals surface area (Å²) in [6, 6.07) is 16.5. The molecule has 0 aliphatic carbocycles. The molecule has 2 aromatic rings. The topological polar surface area (TPSA) is 79.0 Å². The second kappa shape index (κ2) is 9.27. The molecule has 7 nitrogen and oxygen atoms in total. The standard InChI is InChI=1S/C19H25N3O4S/c1-21(16-9-5-4-6-10-16)14-13-20-19(23)15-22(27(3,24)25)17-11-7-8-12-18(17)26-2/h4-12H,13-15H2,1-3H3,(H,20,23). The van der Waals surface area contributed by atoms with E-state index < -0.39 is 10.0 Å². The monoisotopic (exact) mass is 391 g/mol. The van der Waals surface area contributed by atoms with Crippen LogP contribution in [0, 0.1) is 0 Å². The highest BCUT2D eigenvalue weighted by Gasteiger charge is 2.23. The van der Waals surface area contributed by atoms with Gasteiger partial charge in [-0.05, 0) is 24.3 Å². The minimum atomic E-state index is -3.65. The van der Waals surface area contributed by atoms with Crippen molar-refractivity contribution in [1.82, 2.24) is 5.32 Å². The molecule has 0 spiro atoms. The van der Waals surface area contributed by atoms with Gasteiger partial charge >= 0.3 is 0 Å². The molecule has 0 unspecified atom stereocenters. The number of sulfonamides is 1. The fourth-order valence-electron chi connectivity index (χ4n) is 2.58. The van der Waals surface area contributed by atoms with Crippen LogP contribution in [0.5, 0.6) is 5.75 Å². The van der Waals surface area contributed by atoms with Crippen molar-refractivity contribution in [2.75, 3.05) is 49.3 Å². The highest BCUT2D eigenvalue weighted by atomic mass is 32.2. The van der Waals surface area contributed by atoms with Crippen molar-refractivity contribution in [3.8, 4) is 5.75 Å². The Kier molecular flexibility index (Phi) is 7.06. The number of carbonyl (C=O) groups excluding carboxylic acids is 1. The maximum atomic E-state index is 12.3. The number of hydrogen-bond acceptors (Lipinski definition) is 5. The molecule has 0 bridgehead atoms. The number of benzene rings is 2. The van der Waals surface area contributed by atoms with Crippen LogP contribution in [-0.4, -0.2) is 54.4 Å². The van der Waals surface area contributed by atoms with Gasteiger partial charge in [-0.2, -0.15) is 0 Å². The Hall–Kier alpha value is -2.74. The van der Waals surface area contributed by atoms with E-state index in [1.807, 2.05) is 42.3 Å². The lowest BCUT2D eigenvalue weighted by molar-refractivity contribution is -0.119. The highest BCUT2D eigenvalue weighted by Crippen LogP contribution is 2.29. The summed E-state index contributed by atoms with van der Waals surface area (Å²) in [5.74, 6) is 0.00679. The van der Waals surface area contributed by atoms with E-state index in [-0.39, 0.29) is 12.5 Å². The van der Waals surface area contributed by atoms with Gasteiger partial charge in [0.15, 0.2) is 0 Å². The molecule has 0 aliphatic heterocycles. The Morgan fingerprint density at radius 1 is 1.07 bits per heavy atom. The smallest absolute Gasteiger partial charge is 0.240 e. The van der Waals surface area contributed by atoms with Crippen LogP contribution in [0.1, 0.15) is 0 Å². The first-order valence-electron chi connectivity index (χ1n) is 8.46. The number of para-hydroxylation sites is 3. The molecule has 27 heavy (non-hydrogen) atoms. The molecule has 8 heteroatoms. The van der Waals surface area contributed by atoms with Crippen LogP contribution in [0.3, 0.4) is 0 Å². The fourth-order valence-corrected chi connectivity index (χ4v) is 3.44. The average Bonchev–Trinajstić information content (AvgIpc) is 2.66. The number of likely N-dealkylation sites (N-methyl/N-ethyl adjacent to an activating group) is 1. The van der Waals surface area contributed by atoms with Crippen LogP contribution < -0.4 is 19.3 Å². The lowest BCUT2D eigenvalue weighted by Gasteiger charge is -2.24. The highest BCUT2D eigenvalue weighted by molar-refractivity contribution is 7.92. The summed E-state index contributed by atoms with van der Waals surface area (Å²) in [5.41, 5.74) is 1.37. The Labute approximate surface area is 160 Å². The second-order valence-electron chi connectivity index (χ2n) is 6.05. The number of nitrogens with zero attached hydrogens (tertiary/aromatic N) is 2.